The molecule has 1 saturated carbocycles. The molecule has 0 spiro atoms. The first-order chi connectivity index (χ1) is 8.05. The predicted octanol–water partition coefficient (Wildman–Crippen LogP) is 0.442. The first kappa shape index (κ1) is 12.8. The molecular formula is C13H25N3O. The summed E-state index contributed by atoms with van der Waals surface area (Å²) in [4.78, 5) is 14.4. The fourth-order valence-electron chi connectivity index (χ4n) is 2.91. The number of nitrogens with one attached hydrogen (secondary N) is 2. The van der Waals surface area contributed by atoms with Gasteiger partial charge < -0.3 is 15.5 Å². The minimum absolute atomic E-state index is 0.161. The zero-order valence-electron chi connectivity index (χ0n) is 11.3. The van der Waals surface area contributed by atoms with Crippen LogP contribution in [-0.4, -0.2) is 50.1 Å². The van der Waals surface area contributed by atoms with Gasteiger partial charge in [0.2, 0.25) is 5.91 Å². The lowest BCUT2D eigenvalue weighted by Crippen LogP contribution is -2.57. The molecule has 1 saturated heterocycles. The van der Waals surface area contributed by atoms with Crippen LogP contribution in [0.15, 0.2) is 0 Å². The second-order valence-electron chi connectivity index (χ2n) is 5.93. The van der Waals surface area contributed by atoms with Crippen LogP contribution >= 0.6 is 0 Å². The molecule has 0 radical (unpaired) electrons. The van der Waals surface area contributed by atoms with Crippen molar-refractivity contribution in [3.8, 4) is 0 Å². The lowest BCUT2D eigenvalue weighted by molar-refractivity contribution is -0.126. The number of hydrogen-bond acceptors (Lipinski definition) is 3. The fraction of sp³-hybridized carbons (Fsp3) is 0.923. The molecule has 0 unspecified atom stereocenters. The van der Waals surface area contributed by atoms with Crippen LogP contribution in [0.1, 0.15) is 26.2 Å². The summed E-state index contributed by atoms with van der Waals surface area (Å²) in [7, 11) is 4.23. The van der Waals surface area contributed by atoms with Gasteiger partial charge in [0.25, 0.3) is 0 Å². The van der Waals surface area contributed by atoms with Gasteiger partial charge in [-0.2, -0.15) is 0 Å². The maximum atomic E-state index is 12.1. The molecule has 0 aromatic heterocycles. The molecule has 2 atom stereocenters. The zero-order chi connectivity index (χ0) is 12.5. The van der Waals surface area contributed by atoms with E-state index in [0.29, 0.717) is 5.92 Å². The minimum Gasteiger partial charge on any atom is -0.354 e. The van der Waals surface area contributed by atoms with E-state index in [1.54, 1.807) is 0 Å². The third kappa shape index (κ3) is 2.47. The summed E-state index contributed by atoms with van der Waals surface area (Å²) in [6, 6.07) is 0. The molecule has 1 amide bonds. The van der Waals surface area contributed by atoms with E-state index in [1.165, 1.54) is 19.3 Å². The smallest absolute Gasteiger partial charge is 0.224 e. The largest absolute Gasteiger partial charge is 0.354 e. The van der Waals surface area contributed by atoms with Gasteiger partial charge in [0.15, 0.2) is 0 Å². The van der Waals surface area contributed by atoms with Crippen LogP contribution < -0.4 is 10.6 Å². The Kier molecular flexibility index (Phi) is 3.73. The van der Waals surface area contributed by atoms with Gasteiger partial charge in [-0.3, -0.25) is 4.79 Å². The number of hydrogen-bond donors (Lipinski definition) is 2. The van der Waals surface area contributed by atoms with Crippen molar-refractivity contribution < 1.29 is 4.79 Å². The Morgan fingerprint density at radius 3 is 2.53 bits per heavy atom. The van der Waals surface area contributed by atoms with Crippen LogP contribution in [0.4, 0.5) is 0 Å². The van der Waals surface area contributed by atoms with Crippen molar-refractivity contribution >= 4 is 5.91 Å². The summed E-state index contributed by atoms with van der Waals surface area (Å²) in [5.41, 5.74) is 0.227. The minimum atomic E-state index is 0.161. The predicted molar refractivity (Wildman–Crippen MR) is 68.8 cm³/mol. The Labute approximate surface area is 104 Å². The molecule has 4 nitrogen and oxygen atoms in total. The van der Waals surface area contributed by atoms with E-state index in [2.05, 4.69) is 36.6 Å². The molecule has 0 aromatic rings. The number of carbonyl (C=O) groups excluding carboxylic acids is 1. The molecule has 0 bridgehead atoms. The molecule has 1 aliphatic heterocycles. The van der Waals surface area contributed by atoms with Crippen LogP contribution in [0, 0.1) is 11.8 Å². The second-order valence-corrected chi connectivity index (χ2v) is 5.93. The highest BCUT2D eigenvalue weighted by Crippen LogP contribution is 2.35. The highest BCUT2D eigenvalue weighted by Gasteiger charge is 2.40. The van der Waals surface area contributed by atoms with Gasteiger partial charge in [0, 0.05) is 18.6 Å². The first-order valence-electron chi connectivity index (χ1n) is 6.71. The molecule has 17 heavy (non-hydrogen) atoms. The summed E-state index contributed by atoms with van der Waals surface area (Å²) in [5, 5.41) is 6.44. The van der Waals surface area contributed by atoms with Crippen LogP contribution in [0.5, 0.6) is 0 Å². The van der Waals surface area contributed by atoms with E-state index in [-0.39, 0.29) is 17.4 Å². The van der Waals surface area contributed by atoms with Gasteiger partial charge in [-0.05, 0) is 45.8 Å². The fourth-order valence-corrected chi connectivity index (χ4v) is 2.91. The topological polar surface area (TPSA) is 44.4 Å². The van der Waals surface area contributed by atoms with Gasteiger partial charge >= 0.3 is 0 Å². The summed E-state index contributed by atoms with van der Waals surface area (Å²) in [6.45, 7) is 4.76. The van der Waals surface area contributed by atoms with Crippen molar-refractivity contribution in [2.24, 2.45) is 11.8 Å². The molecule has 2 fully saturated rings. The van der Waals surface area contributed by atoms with E-state index in [0.717, 1.165) is 19.6 Å². The van der Waals surface area contributed by atoms with Crippen molar-refractivity contribution in [1.29, 1.82) is 0 Å². The lowest BCUT2D eigenvalue weighted by atomic mass is 9.75. The van der Waals surface area contributed by atoms with Crippen LogP contribution in [0.2, 0.25) is 0 Å². The van der Waals surface area contributed by atoms with Crippen molar-refractivity contribution in [2.75, 3.05) is 33.7 Å². The molecule has 1 heterocycles. The number of amides is 1. The van der Waals surface area contributed by atoms with Crippen LogP contribution in [0.3, 0.4) is 0 Å². The zero-order valence-corrected chi connectivity index (χ0v) is 11.3. The SMILES string of the molecule is C[C@@H]1CNC[C@H]1C(=O)NCC1(N(C)C)CCC1. The molecule has 2 rings (SSSR count). The Morgan fingerprint density at radius 1 is 1.41 bits per heavy atom. The van der Waals surface area contributed by atoms with Crippen LogP contribution in [0.25, 0.3) is 0 Å². The van der Waals surface area contributed by atoms with Gasteiger partial charge in [-0.15, -0.1) is 0 Å². The van der Waals surface area contributed by atoms with E-state index in [9.17, 15) is 4.79 Å². The van der Waals surface area contributed by atoms with E-state index in [1.807, 2.05) is 0 Å². The summed E-state index contributed by atoms with van der Waals surface area (Å²) < 4.78 is 0. The van der Waals surface area contributed by atoms with E-state index in [4.69, 9.17) is 0 Å². The van der Waals surface area contributed by atoms with Crippen LogP contribution in [-0.2, 0) is 4.79 Å². The molecule has 98 valence electrons. The third-order valence-electron chi connectivity index (χ3n) is 4.68. The Morgan fingerprint density at radius 2 is 2.12 bits per heavy atom. The van der Waals surface area contributed by atoms with E-state index < -0.39 is 0 Å². The van der Waals surface area contributed by atoms with E-state index >= 15 is 0 Å². The second kappa shape index (κ2) is 4.94. The quantitative estimate of drug-likeness (QED) is 0.748. The summed E-state index contributed by atoms with van der Waals surface area (Å²) >= 11 is 0. The highest BCUT2D eigenvalue weighted by molar-refractivity contribution is 5.79. The highest BCUT2D eigenvalue weighted by atomic mass is 16.1. The maximum absolute atomic E-state index is 12.1. The molecule has 1 aliphatic carbocycles. The number of likely N-dealkylation sites (N-methyl/N-ethyl adjacent to an activating group) is 1. The Hall–Kier alpha value is -0.610. The average molecular weight is 239 g/mol. The molecule has 4 heteroatoms. The summed E-state index contributed by atoms with van der Waals surface area (Å²) in [6.07, 6.45) is 3.70. The van der Waals surface area contributed by atoms with Crippen molar-refractivity contribution in [3.63, 3.8) is 0 Å². The average Bonchev–Trinajstić information content (AvgIpc) is 2.62. The Balaban J connectivity index is 1.83. The number of carbonyl (C=O) groups is 1. The number of nitrogens with zero attached hydrogens (tertiary/aromatic N) is 1. The summed E-state index contributed by atoms with van der Waals surface area (Å²) in [5.74, 6) is 0.858. The molecule has 2 aliphatic rings. The van der Waals surface area contributed by atoms with Crippen molar-refractivity contribution in [3.05, 3.63) is 0 Å². The normalized spacial score (nSPS) is 31.3. The first-order valence-corrected chi connectivity index (χ1v) is 6.71. The van der Waals surface area contributed by atoms with Gasteiger partial charge in [0.05, 0.1) is 5.92 Å². The molecule has 0 aromatic carbocycles. The van der Waals surface area contributed by atoms with Gasteiger partial charge in [0.1, 0.15) is 0 Å². The van der Waals surface area contributed by atoms with Crippen molar-refractivity contribution in [1.82, 2.24) is 15.5 Å². The molecular weight excluding hydrogens is 214 g/mol. The van der Waals surface area contributed by atoms with Gasteiger partial charge in [-0.1, -0.05) is 6.92 Å². The standard InChI is InChI=1S/C13H25N3O/c1-10-7-14-8-11(10)12(17)15-9-13(16(2)3)5-4-6-13/h10-11,14H,4-9H2,1-3H3,(H,15,17)/t10-,11-/m1/s1. The molecule has 2 N–H and O–H groups in total. The third-order valence-corrected chi connectivity index (χ3v) is 4.68. The van der Waals surface area contributed by atoms with Crippen molar-refractivity contribution in [2.45, 2.75) is 31.7 Å². The van der Waals surface area contributed by atoms with Gasteiger partial charge in [-0.25, -0.2) is 0 Å². The lowest BCUT2D eigenvalue weighted by Gasteiger charge is -2.47. The Bertz CT molecular complexity index is 286. The monoisotopic (exact) mass is 239 g/mol. The maximum Gasteiger partial charge on any atom is 0.224 e. The number of rotatable bonds is 4.